The standard InChI is InChI=1S/C15H23N3O2/c1-11-14(17-6-5-16-11)12(2)18-13-3-7-20-15(9-13)4-8-19-10-15/h5-6,12-13,18H,3-4,7-10H2,1-2H3/t12-,13-,15+/m0/s1. The highest BCUT2D eigenvalue weighted by Crippen LogP contribution is 2.33. The fraction of sp³-hybridized carbons (Fsp3) is 0.733. The van der Waals surface area contributed by atoms with Gasteiger partial charge in [0.25, 0.3) is 0 Å². The van der Waals surface area contributed by atoms with E-state index in [1.165, 1.54) is 0 Å². The zero-order valence-electron chi connectivity index (χ0n) is 12.3. The summed E-state index contributed by atoms with van der Waals surface area (Å²) in [6.07, 6.45) is 6.59. The second kappa shape index (κ2) is 5.76. The zero-order valence-corrected chi connectivity index (χ0v) is 12.3. The molecule has 20 heavy (non-hydrogen) atoms. The topological polar surface area (TPSA) is 56.3 Å². The van der Waals surface area contributed by atoms with E-state index in [2.05, 4.69) is 22.2 Å². The van der Waals surface area contributed by atoms with E-state index in [0.29, 0.717) is 6.04 Å². The lowest BCUT2D eigenvalue weighted by atomic mass is 9.89. The van der Waals surface area contributed by atoms with E-state index in [9.17, 15) is 0 Å². The van der Waals surface area contributed by atoms with Crippen LogP contribution >= 0.6 is 0 Å². The normalized spacial score (nSPS) is 31.6. The molecule has 0 amide bonds. The summed E-state index contributed by atoms with van der Waals surface area (Å²) in [5.74, 6) is 0. The van der Waals surface area contributed by atoms with Crippen LogP contribution in [0, 0.1) is 6.92 Å². The van der Waals surface area contributed by atoms with E-state index in [-0.39, 0.29) is 11.6 Å². The van der Waals surface area contributed by atoms with Crippen molar-refractivity contribution in [2.45, 2.75) is 50.8 Å². The summed E-state index contributed by atoms with van der Waals surface area (Å²) in [7, 11) is 0. The number of nitrogens with one attached hydrogen (secondary N) is 1. The molecule has 2 aliphatic rings. The zero-order chi connectivity index (χ0) is 14.0. The predicted molar refractivity (Wildman–Crippen MR) is 75.5 cm³/mol. The molecule has 3 atom stereocenters. The first-order valence-corrected chi connectivity index (χ1v) is 7.44. The van der Waals surface area contributed by atoms with Gasteiger partial charge in [-0.05, 0) is 26.7 Å². The van der Waals surface area contributed by atoms with Crippen LogP contribution in [0.15, 0.2) is 12.4 Å². The smallest absolute Gasteiger partial charge is 0.0951 e. The summed E-state index contributed by atoms with van der Waals surface area (Å²) in [6, 6.07) is 0.674. The third-order valence-electron chi connectivity index (χ3n) is 4.38. The van der Waals surface area contributed by atoms with Crippen molar-refractivity contribution >= 4 is 0 Å². The number of hydrogen-bond acceptors (Lipinski definition) is 5. The Morgan fingerprint density at radius 3 is 2.95 bits per heavy atom. The van der Waals surface area contributed by atoms with Crippen LogP contribution in [0.5, 0.6) is 0 Å². The number of aryl methyl sites for hydroxylation is 1. The molecule has 0 radical (unpaired) electrons. The fourth-order valence-corrected chi connectivity index (χ4v) is 3.31. The van der Waals surface area contributed by atoms with Gasteiger partial charge in [0.15, 0.2) is 0 Å². The van der Waals surface area contributed by atoms with Crippen molar-refractivity contribution in [1.29, 1.82) is 0 Å². The van der Waals surface area contributed by atoms with E-state index in [1.54, 1.807) is 12.4 Å². The van der Waals surface area contributed by atoms with Crippen molar-refractivity contribution in [3.05, 3.63) is 23.8 Å². The van der Waals surface area contributed by atoms with Crippen LogP contribution < -0.4 is 5.32 Å². The van der Waals surface area contributed by atoms with Gasteiger partial charge in [-0.25, -0.2) is 0 Å². The molecule has 1 aromatic rings. The maximum Gasteiger partial charge on any atom is 0.0951 e. The molecule has 2 saturated heterocycles. The van der Waals surface area contributed by atoms with E-state index in [0.717, 1.165) is 50.5 Å². The molecule has 0 saturated carbocycles. The minimum Gasteiger partial charge on any atom is -0.378 e. The second-order valence-electron chi connectivity index (χ2n) is 5.94. The Morgan fingerprint density at radius 2 is 2.20 bits per heavy atom. The predicted octanol–water partition coefficient (Wildman–Crippen LogP) is 1.77. The molecule has 1 spiro atoms. The third kappa shape index (κ3) is 2.85. The molecular weight excluding hydrogens is 254 g/mol. The van der Waals surface area contributed by atoms with Crippen molar-refractivity contribution in [2.75, 3.05) is 19.8 Å². The molecule has 2 aliphatic heterocycles. The molecule has 110 valence electrons. The van der Waals surface area contributed by atoms with Crippen LogP contribution in [-0.2, 0) is 9.47 Å². The van der Waals surface area contributed by atoms with E-state index >= 15 is 0 Å². The molecule has 2 fully saturated rings. The van der Waals surface area contributed by atoms with Crippen molar-refractivity contribution in [1.82, 2.24) is 15.3 Å². The Kier molecular flexibility index (Phi) is 4.01. The quantitative estimate of drug-likeness (QED) is 0.912. The maximum absolute atomic E-state index is 5.97. The number of hydrogen-bond donors (Lipinski definition) is 1. The van der Waals surface area contributed by atoms with Gasteiger partial charge >= 0.3 is 0 Å². The maximum atomic E-state index is 5.97. The average Bonchev–Trinajstić information content (AvgIpc) is 2.87. The summed E-state index contributed by atoms with van der Waals surface area (Å²) in [6.45, 7) is 6.55. The minimum absolute atomic E-state index is 0.0486. The summed E-state index contributed by atoms with van der Waals surface area (Å²) in [4.78, 5) is 8.77. The Labute approximate surface area is 120 Å². The number of aromatic nitrogens is 2. The van der Waals surface area contributed by atoms with Gasteiger partial charge in [-0.2, -0.15) is 0 Å². The molecule has 3 rings (SSSR count). The van der Waals surface area contributed by atoms with E-state index in [1.807, 2.05) is 6.92 Å². The van der Waals surface area contributed by atoms with Crippen LogP contribution in [0.4, 0.5) is 0 Å². The number of ether oxygens (including phenoxy) is 2. The molecule has 0 unspecified atom stereocenters. The van der Waals surface area contributed by atoms with Gasteiger partial charge in [0.1, 0.15) is 0 Å². The van der Waals surface area contributed by atoms with E-state index in [4.69, 9.17) is 9.47 Å². The largest absolute Gasteiger partial charge is 0.378 e. The Balaban J connectivity index is 1.64. The summed E-state index contributed by atoms with van der Waals surface area (Å²) in [5, 5.41) is 3.69. The Morgan fingerprint density at radius 1 is 1.35 bits per heavy atom. The van der Waals surface area contributed by atoms with Gasteiger partial charge in [-0.1, -0.05) is 0 Å². The molecule has 1 aromatic heterocycles. The SMILES string of the molecule is Cc1nccnc1[C@H](C)N[C@H]1CCO[C@]2(CCOC2)C1. The Bertz CT molecular complexity index is 460. The van der Waals surface area contributed by atoms with Gasteiger partial charge < -0.3 is 14.8 Å². The van der Waals surface area contributed by atoms with Gasteiger partial charge in [0.2, 0.25) is 0 Å². The lowest BCUT2D eigenvalue weighted by Gasteiger charge is -2.38. The molecule has 5 heteroatoms. The summed E-state index contributed by atoms with van der Waals surface area (Å²) in [5.41, 5.74) is 1.99. The van der Waals surface area contributed by atoms with Crippen LogP contribution in [0.3, 0.4) is 0 Å². The van der Waals surface area contributed by atoms with Crippen LogP contribution in [-0.4, -0.2) is 41.4 Å². The molecule has 3 heterocycles. The first-order chi connectivity index (χ1) is 9.69. The second-order valence-corrected chi connectivity index (χ2v) is 5.94. The van der Waals surface area contributed by atoms with Crippen molar-refractivity contribution < 1.29 is 9.47 Å². The van der Waals surface area contributed by atoms with Gasteiger partial charge in [0, 0.05) is 44.1 Å². The van der Waals surface area contributed by atoms with Gasteiger partial charge in [-0.3, -0.25) is 9.97 Å². The molecule has 5 nitrogen and oxygen atoms in total. The van der Waals surface area contributed by atoms with Crippen molar-refractivity contribution in [3.63, 3.8) is 0 Å². The molecule has 0 aliphatic carbocycles. The molecular formula is C15H23N3O2. The van der Waals surface area contributed by atoms with Gasteiger partial charge in [0.05, 0.1) is 23.6 Å². The van der Waals surface area contributed by atoms with E-state index < -0.39 is 0 Å². The van der Waals surface area contributed by atoms with Crippen LogP contribution in [0.2, 0.25) is 0 Å². The lowest BCUT2D eigenvalue weighted by Crippen LogP contribution is -2.48. The highest BCUT2D eigenvalue weighted by Gasteiger charge is 2.41. The first kappa shape index (κ1) is 13.9. The van der Waals surface area contributed by atoms with Gasteiger partial charge in [-0.15, -0.1) is 0 Å². The fourth-order valence-electron chi connectivity index (χ4n) is 3.31. The van der Waals surface area contributed by atoms with Crippen molar-refractivity contribution in [2.24, 2.45) is 0 Å². The van der Waals surface area contributed by atoms with Crippen molar-refractivity contribution in [3.8, 4) is 0 Å². The highest BCUT2D eigenvalue weighted by molar-refractivity contribution is 5.13. The Hall–Kier alpha value is -1.04. The number of rotatable bonds is 3. The first-order valence-electron chi connectivity index (χ1n) is 7.44. The van der Waals surface area contributed by atoms with Crippen LogP contribution in [0.1, 0.15) is 43.6 Å². The lowest BCUT2D eigenvalue weighted by molar-refractivity contribution is -0.0902. The highest BCUT2D eigenvalue weighted by atomic mass is 16.6. The average molecular weight is 277 g/mol. The molecule has 1 N–H and O–H groups in total. The third-order valence-corrected chi connectivity index (χ3v) is 4.38. The summed E-state index contributed by atoms with van der Waals surface area (Å²) >= 11 is 0. The summed E-state index contributed by atoms with van der Waals surface area (Å²) < 4.78 is 11.5. The number of nitrogens with zero attached hydrogens (tertiary/aromatic N) is 2. The molecule has 0 bridgehead atoms. The minimum atomic E-state index is -0.0486. The van der Waals surface area contributed by atoms with Crippen LogP contribution in [0.25, 0.3) is 0 Å². The molecule has 0 aromatic carbocycles. The monoisotopic (exact) mass is 277 g/mol.